The summed E-state index contributed by atoms with van der Waals surface area (Å²) >= 11 is 12.2. The van der Waals surface area contributed by atoms with Crippen LogP contribution in [0.4, 0.5) is 0 Å². The second-order valence-electron chi connectivity index (χ2n) is 4.42. The van der Waals surface area contributed by atoms with Crippen molar-refractivity contribution in [2.75, 3.05) is 0 Å². The van der Waals surface area contributed by atoms with Crippen molar-refractivity contribution < 1.29 is 0 Å². The van der Waals surface area contributed by atoms with E-state index in [0.717, 1.165) is 16.6 Å². The molecule has 0 aliphatic carbocycles. The summed E-state index contributed by atoms with van der Waals surface area (Å²) in [6, 6.07) is 12.9. The molecule has 1 aromatic heterocycles. The number of rotatable bonds is 2. The predicted octanol–water partition coefficient (Wildman–Crippen LogP) is 4.26. The van der Waals surface area contributed by atoms with Gasteiger partial charge in [0.15, 0.2) is 0 Å². The minimum atomic E-state index is 0.560. The maximum absolute atomic E-state index is 8.98. The predicted molar refractivity (Wildman–Crippen MR) is 80.0 cm³/mol. The maximum atomic E-state index is 8.98. The zero-order chi connectivity index (χ0) is 14.1. The van der Waals surface area contributed by atoms with E-state index in [1.165, 1.54) is 0 Å². The van der Waals surface area contributed by atoms with Crippen molar-refractivity contribution in [3.63, 3.8) is 0 Å². The summed E-state index contributed by atoms with van der Waals surface area (Å²) in [5.41, 5.74) is 3.28. The lowest BCUT2D eigenvalue weighted by molar-refractivity contribution is 0.824. The molecule has 98 valence electrons. The molecule has 0 aliphatic rings. The highest BCUT2D eigenvalue weighted by molar-refractivity contribution is 6.33. The maximum Gasteiger partial charge on any atom is 0.0992 e. The van der Waals surface area contributed by atoms with Crippen LogP contribution in [0.1, 0.15) is 11.1 Å². The van der Waals surface area contributed by atoms with Crippen molar-refractivity contribution in [1.82, 2.24) is 9.55 Å². The Bertz CT molecular complexity index is 831. The van der Waals surface area contributed by atoms with Crippen molar-refractivity contribution in [1.29, 1.82) is 5.26 Å². The van der Waals surface area contributed by atoms with E-state index in [0.29, 0.717) is 22.2 Å². The summed E-state index contributed by atoms with van der Waals surface area (Å²) in [6.07, 6.45) is 1.74. The Morgan fingerprint density at radius 2 is 2.00 bits per heavy atom. The first-order valence-electron chi connectivity index (χ1n) is 5.96. The quantitative estimate of drug-likeness (QED) is 0.709. The fourth-order valence-corrected chi connectivity index (χ4v) is 2.47. The summed E-state index contributed by atoms with van der Waals surface area (Å²) in [4.78, 5) is 4.32. The highest BCUT2D eigenvalue weighted by Gasteiger charge is 2.07. The molecule has 0 unspecified atom stereocenters. The molecular formula is C15H9Cl2N3. The van der Waals surface area contributed by atoms with Gasteiger partial charge in [0, 0.05) is 10.0 Å². The van der Waals surface area contributed by atoms with Gasteiger partial charge in [-0.05, 0) is 42.0 Å². The zero-order valence-corrected chi connectivity index (χ0v) is 11.9. The van der Waals surface area contributed by atoms with Gasteiger partial charge in [-0.1, -0.05) is 23.2 Å². The average Bonchev–Trinajstić information content (AvgIpc) is 2.85. The third-order valence-electron chi connectivity index (χ3n) is 3.10. The van der Waals surface area contributed by atoms with Crippen molar-refractivity contribution in [3.8, 4) is 6.07 Å². The van der Waals surface area contributed by atoms with Crippen molar-refractivity contribution >= 4 is 34.2 Å². The van der Waals surface area contributed by atoms with Gasteiger partial charge in [0.05, 0.1) is 35.5 Å². The van der Waals surface area contributed by atoms with Gasteiger partial charge in [-0.25, -0.2) is 4.98 Å². The molecule has 0 saturated carbocycles. The number of aromatic nitrogens is 2. The Morgan fingerprint density at radius 1 is 1.15 bits per heavy atom. The van der Waals surface area contributed by atoms with E-state index in [2.05, 4.69) is 11.1 Å². The Balaban J connectivity index is 2.07. The Hall–Kier alpha value is -2.02. The van der Waals surface area contributed by atoms with Gasteiger partial charge in [-0.3, -0.25) is 0 Å². The smallest absolute Gasteiger partial charge is 0.0992 e. The molecule has 1 heterocycles. The van der Waals surface area contributed by atoms with Crippen LogP contribution in [-0.4, -0.2) is 9.55 Å². The monoisotopic (exact) mass is 301 g/mol. The summed E-state index contributed by atoms with van der Waals surface area (Å²) in [6.45, 7) is 0.560. The molecule has 0 atom stereocenters. The van der Waals surface area contributed by atoms with Crippen LogP contribution in [0.2, 0.25) is 10.0 Å². The van der Waals surface area contributed by atoms with Gasteiger partial charge >= 0.3 is 0 Å². The molecule has 5 heteroatoms. The van der Waals surface area contributed by atoms with Crippen molar-refractivity contribution in [3.05, 3.63) is 63.9 Å². The van der Waals surface area contributed by atoms with Crippen LogP contribution in [-0.2, 0) is 6.54 Å². The lowest BCUT2D eigenvalue weighted by Gasteiger charge is -2.07. The van der Waals surface area contributed by atoms with Crippen LogP contribution in [0.5, 0.6) is 0 Å². The molecule has 0 bridgehead atoms. The fraction of sp³-hybridized carbons (Fsp3) is 0.0667. The second-order valence-corrected chi connectivity index (χ2v) is 5.27. The molecule has 3 aromatic rings. The number of halogens is 2. The molecule has 0 saturated heterocycles. The topological polar surface area (TPSA) is 41.6 Å². The zero-order valence-electron chi connectivity index (χ0n) is 10.3. The molecule has 0 fully saturated rings. The van der Waals surface area contributed by atoms with E-state index in [-0.39, 0.29) is 0 Å². The van der Waals surface area contributed by atoms with Crippen LogP contribution in [0, 0.1) is 11.3 Å². The minimum Gasteiger partial charge on any atom is -0.326 e. The summed E-state index contributed by atoms with van der Waals surface area (Å²) < 4.78 is 1.95. The van der Waals surface area contributed by atoms with Gasteiger partial charge in [0.25, 0.3) is 0 Å². The van der Waals surface area contributed by atoms with Gasteiger partial charge in [-0.2, -0.15) is 5.26 Å². The van der Waals surface area contributed by atoms with E-state index >= 15 is 0 Å². The SMILES string of the molecule is N#Cc1ccc2ncn(Cc3cc(Cl)ccc3Cl)c2c1. The minimum absolute atomic E-state index is 0.560. The third-order valence-corrected chi connectivity index (χ3v) is 3.70. The van der Waals surface area contributed by atoms with E-state index in [1.54, 1.807) is 24.5 Å². The van der Waals surface area contributed by atoms with Crippen molar-refractivity contribution in [2.24, 2.45) is 0 Å². The standard InChI is InChI=1S/C15H9Cl2N3/c16-12-2-3-13(17)11(6-12)8-20-9-19-14-4-1-10(7-18)5-15(14)20/h1-6,9H,8H2. The Labute approximate surface area is 126 Å². The van der Waals surface area contributed by atoms with E-state index in [4.69, 9.17) is 28.5 Å². The molecule has 3 nitrogen and oxygen atoms in total. The average molecular weight is 302 g/mol. The Morgan fingerprint density at radius 3 is 2.80 bits per heavy atom. The number of hydrogen-bond acceptors (Lipinski definition) is 2. The first kappa shape index (κ1) is 13.0. The van der Waals surface area contributed by atoms with E-state index < -0.39 is 0 Å². The second kappa shape index (κ2) is 5.16. The lowest BCUT2D eigenvalue weighted by Crippen LogP contribution is -1.99. The number of nitriles is 1. The lowest BCUT2D eigenvalue weighted by atomic mass is 10.2. The van der Waals surface area contributed by atoms with Gasteiger partial charge in [0.2, 0.25) is 0 Å². The highest BCUT2D eigenvalue weighted by atomic mass is 35.5. The highest BCUT2D eigenvalue weighted by Crippen LogP contribution is 2.23. The van der Waals surface area contributed by atoms with Gasteiger partial charge in [-0.15, -0.1) is 0 Å². The Kier molecular flexibility index (Phi) is 3.35. The van der Waals surface area contributed by atoms with Crippen LogP contribution in [0.3, 0.4) is 0 Å². The third kappa shape index (κ3) is 2.36. The molecule has 0 amide bonds. The summed E-state index contributed by atoms with van der Waals surface area (Å²) in [7, 11) is 0. The van der Waals surface area contributed by atoms with Gasteiger partial charge in [0.1, 0.15) is 0 Å². The number of fused-ring (bicyclic) bond motifs is 1. The largest absolute Gasteiger partial charge is 0.326 e. The van der Waals surface area contributed by atoms with E-state index in [9.17, 15) is 0 Å². The first-order valence-corrected chi connectivity index (χ1v) is 6.72. The van der Waals surface area contributed by atoms with Crippen LogP contribution < -0.4 is 0 Å². The van der Waals surface area contributed by atoms with Crippen LogP contribution in [0.15, 0.2) is 42.7 Å². The molecule has 2 aromatic carbocycles. The molecule has 0 aliphatic heterocycles. The molecular weight excluding hydrogens is 293 g/mol. The first-order chi connectivity index (χ1) is 9.67. The number of benzene rings is 2. The van der Waals surface area contributed by atoms with E-state index in [1.807, 2.05) is 22.8 Å². The molecule has 0 spiro atoms. The van der Waals surface area contributed by atoms with Crippen LogP contribution >= 0.6 is 23.2 Å². The molecule has 0 radical (unpaired) electrons. The summed E-state index contributed by atoms with van der Waals surface area (Å²) in [5, 5.41) is 10.3. The normalized spacial score (nSPS) is 10.7. The molecule has 20 heavy (non-hydrogen) atoms. The summed E-state index contributed by atoms with van der Waals surface area (Å²) in [5.74, 6) is 0. The van der Waals surface area contributed by atoms with Crippen molar-refractivity contribution in [2.45, 2.75) is 6.54 Å². The van der Waals surface area contributed by atoms with Crippen LogP contribution in [0.25, 0.3) is 11.0 Å². The number of nitrogens with zero attached hydrogens (tertiary/aromatic N) is 3. The van der Waals surface area contributed by atoms with Gasteiger partial charge < -0.3 is 4.57 Å². The number of imidazole rings is 1. The molecule has 0 N–H and O–H groups in total. The number of hydrogen-bond donors (Lipinski definition) is 0. The molecule has 3 rings (SSSR count). The fourth-order valence-electron chi connectivity index (χ4n) is 2.10.